The SMILES string of the molecule is CNC(CC1CC2CCC1C2)c1cc(C)c(F)c(C)c1. The van der Waals surface area contributed by atoms with Crippen LogP contribution in [0.15, 0.2) is 12.1 Å². The van der Waals surface area contributed by atoms with Crippen LogP contribution in [0.3, 0.4) is 0 Å². The van der Waals surface area contributed by atoms with Crippen LogP contribution in [0.4, 0.5) is 4.39 Å². The van der Waals surface area contributed by atoms with Gasteiger partial charge in [-0.3, -0.25) is 0 Å². The van der Waals surface area contributed by atoms with Crippen molar-refractivity contribution in [1.82, 2.24) is 5.32 Å². The summed E-state index contributed by atoms with van der Waals surface area (Å²) in [4.78, 5) is 0. The van der Waals surface area contributed by atoms with E-state index in [4.69, 9.17) is 0 Å². The smallest absolute Gasteiger partial charge is 0.129 e. The van der Waals surface area contributed by atoms with Crippen molar-refractivity contribution in [3.05, 3.63) is 34.6 Å². The second-order valence-corrected chi connectivity index (χ2v) is 6.98. The lowest BCUT2D eigenvalue weighted by molar-refractivity contribution is 0.284. The standard InChI is InChI=1S/C18H26FN/c1-11-6-16(7-12(2)18(11)19)17(20-3)10-15-9-13-4-5-14(15)8-13/h6-7,13-15,17,20H,4-5,8-10H2,1-3H3. The van der Waals surface area contributed by atoms with Gasteiger partial charge >= 0.3 is 0 Å². The molecule has 0 saturated heterocycles. The minimum Gasteiger partial charge on any atom is -0.313 e. The van der Waals surface area contributed by atoms with E-state index in [0.717, 1.165) is 28.9 Å². The summed E-state index contributed by atoms with van der Waals surface area (Å²) in [5.41, 5.74) is 2.80. The van der Waals surface area contributed by atoms with Crippen LogP contribution in [0.25, 0.3) is 0 Å². The van der Waals surface area contributed by atoms with Crippen molar-refractivity contribution in [1.29, 1.82) is 0 Å². The second kappa shape index (κ2) is 5.48. The summed E-state index contributed by atoms with van der Waals surface area (Å²) >= 11 is 0. The van der Waals surface area contributed by atoms with Gasteiger partial charge in [0.25, 0.3) is 0 Å². The Morgan fingerprint density at radius 3 is 2.40 bits per heavy atom. The maximum absolute atomic E-state index is 13.8. The molecule has 0 radical (unpaired) electrons. The van der Waals surface area contributed by atoms with Crippen LogP contribution in [-0.4, -0.2) is 7.05 Å². The van der Waals surface area contributed by atoms with E-state index in [2.05, 4.69) is 5.32 Å². The first-order chi connectivity index (χ1) is 9.58. The monoisotopic (exact) mass is 275 g/mol. The third-order valence-corrected chi connectivity index (χ3v) is 5.63. The first-order valence-electron chi connectivity index (χ1n) is 8.02. The molecule has 0 aromatic heterocycles. The van der Waals surface area contributed by atoms with Gasteiger partial charge in [-0.15, -0.1) is 0 Å². The predicted octanol–water partition coefficient (Wildman–Crippen LogP) is 4.53. The van der Waals surface area contributed by atoms with Gasteiger partial charge in [-0.2, -0.15) is 0 Å². The van der Waals surface area contributed by atoms with Crippen molar-refractivity contribution in [3.63, 3.8) is 0 Å². The van der Waals surface area contributed by atoms with Gasteiger partial charge in [-0.05, 0) is 81.0 Å². The molecule has 0 spiro atoms. The summed E-state index contributed by atoms with van der Waals surface area (Å²) in [6, 6.07) is 4.42. The molecule has 2 bridgehead atoms. The van der Waals surface area contributed by atoms with Crippen LogP contribution in [0, 0.1) is 37.4 Å². The number of halogens is 1. The number of fused-ring (bicyclic) bond motifs is 2. The molecule has 1 nitrogen and oxygen atoms in total. The van der Waals surface area contributed by atoms with Gasteiger partial charge in [-0.25, -0.2) is 4.39 Å². The Balaban J connectivity index is 1.76. The fourth-order valence-electron chi connectivity index (χ4n) is 4.57. The van der Waals surface area contributed by atoms with Gasteiger partial charge in [0.15, 0.2) is 0 Å². The zero-order valence-electron chi connectivity index (χ0n) is 12.9. The molecule has 0 amide bonds. The number of rotatable bonds is 4. The quantitative estimate of drug-likeness (QED) is 0.851. The average Bonchev–Trinajstić information content (AvgIpc) is 3.04. The third-order valence-electron chi connectivity index (χ3n) is 5.63. The molecule has 1 N–H and O–H groups in total. The number of hydrogen-bond acceptors (Lipinski definition) is 1. The van der Waals surface area contributed by atoms with E-state index in [0.29, 0.717) is 6.04 Å². The second-order valence-electron chi connectivity index (χ2n) is 6.98. The predicted molar refractivity (Wildman–Crippen MR) is 81.2 cm³/mol. The summed E-state index contributed by atoms with van der Waals surface area (Å²) in [7, 11) is 2.03. The minimum atomic E-state index is -0.0523. The lowest BCUT2D eigenvalue weighted by Gasteiger charge is -2.27. The van der Waals surface area contributed by atoms with Crippen LogP contribution in [-0.2, 0) is 0 Å². The van der Waals surface area contributed by atoms with Crippen molar-refractivity contribution in [2.45, 2.75) is 52.0 Å². The van der Waals surface area contributed by atoms with Gasteiger partial charge in [0, 0.05) is 6.04 Å². The molecular formula is C18H26FN. The van der Waals surface area contributed by atoms with Gasteiger partial charge in [0.2, 0.25) is 0 Å². The van der Waals surface area contributed by atoms with Crippen molar-refractivity contribution in [3.8, 4) is 0 Å². The van der Waals surface area contributed by atoms with E-state index in [9.17, 15) is 4.39 Å². The molecule has 2 aliphatic rings. The number of aryl methyl sites for hydroxylation is 2. The van der Waals surface area contributed by atoms with Gasteiger partial charge in [0.1, 0.15) is 5.82 Å². The zero-order valence-corrected chi connectivity index (χ0v) is 12.9. The number of hydrogen-bond donors (Lipinski definition) is 1. The van der Waals surface area contributed by atoms with Crippen LogP contribution in [0.5, 0.6) is 0 Å². The van der Waals surface area contributed by atoms with Crippen LogP contribution in [0.2, 0.25) is 0 Å². The molecule has 110 valence electrons. The normalized spacial score (nSPS) is 29.9. The maximum atomic E-state index is 13.8. The highest BCUT2D eigenvalue weighted by atomic mass is 19.1. The highest BCUT2D eigenvalue weighted by molar-refractivity contribution is 5.32. The minimum absolute atomic E-state index is 0.0523. The van der Waals surface area contributed by atoms with Gasteiger partial charge < -0.3 is 5.32 Å². The van der Waals surface area contributed by atoms with E-state index in [1.54, 1.807) is 0 Å². The Hall–Kier alpha value is -0.890. The van der Waals surface area contributed by atoms with E-state index >= 15 is 0 Å². The molecule has 20 heavy (non-hydrogen) atoms. The molecule has 0 aliphatic heterocycles. The molecule has 2 heteroatoms. The Morgan fingerprint density at radius 1 is 1.20 bits per heavy atom. The first-order valence-corrected chi connectivity index (χ1v) is 8.02. The summed E-state index contributed by atoms with van der Waals surface area (Å²) < 4.78 is 13.8. The fraction of sp³-hybridized carbons (Fsp3) is 0.667. The van der Waals surface area contributed by atoms with E-state index < -0.39 is 0 Å². The molecule has 1 aromatic rings. The highest BCUT2D eigenvalue weighted by Gasteiger charge is 2.40. The molecule has 4 unspecified atom stereocenters. The fourth-order valence-corrected chi connectivity index (χ4v) is 4.57. The van der Waals surface area contributed by atoms with E-state index in [1.807, 2.05) is 33.0 Å². The summed E-state index contributed by atoms with van der Waals surface area (Å²) in [6.07, 6.45) is 6.99. The lowest BCUT2D eigenvalue weighted by Crippen LogP contribution is -2.23. The Bertz CT molecular complexity index is 473. The summed E-state index contributed by atoms with van der Waals surface area (Å²) in [5.74, 6) is 2.78. The van der Waals surface area contributed by atoms with Crippen LogP contribution in [0.1, 0.15) is 54.8 Å². The lowest BCUT2D eigenvalue weighted by atomic mass is 9.82. The Kier molecular flexibility index (Phi) is 3.85. The molecule has 4 atom stereocenters. The Morgan fingerprint density at radius 2 is 1.90 bits per heavy atom. The topological polar surface area (TPSA) is 12.0 Å². The molecule has 0 heterocycles. The van der Waals surface area contributed by atoms with Gasteiger partial charge in [-0.1, -0.05) is 18.6 Å². The van der Waals surface area contributed by atoms with Gasteiger partial charge in [0.05, 0.1) is 0 Å². The third kappa shape index (κ3) is 2.50. The first kappa shape index (κ1) is 14.1. The van der Waals surface area contributed by atoms with Crippen molar-refractivity contribution < 1.29 is 4.39 Å². The molecule has 2 saturated carbocycles. The molecular weight excluding hydrogens is 249 g/mol. The Labute approximate surface area is 122 Å². The number of nitrogens with one attached hydrogen (secondary N) is 1. The highest BCUT2D eigenvalue weighted by Crippen LogP contribution is 2.50. The van der Waals surface area contributed by atoms with E-state index in [1.165, 1.54) is 37.7 Å². The van der Waals surface area contributed by atoms with E-state index in [-0.39, 0.29) is 5.82 Å². The molecule has 2 aliphatic carbocycles. The van der Waals surface area contributed by atoms with Crippen LogP contribution < -0.4 is 5.32 Å². The average molecular weight is 275 g/mol. The maximum Gasteiger partial charge on any atom is 0.129 e. The molecule has 3 rings (SSSR count). The van der Waals surface area contributed by atoms with Crippen molar-refractivity contribution in [2.75, 3.05) is 7.05 Å². The molecule has 2 fully saturated rings. The summed E-state index contributed by atoms with van der Waals surface area (Å²) in [5, 5.41) is 3.46. The number of benzene rings is 1. The zero-order chi connectivity index (χ0) is 14.3. The van der Waals surface area contributed by atoms with Crippen LogP contribution >= 0.6 is 0 Å². The van der Waals surface area contributed by atoms with Crippen molar-refractivity contribution in [2.24, 2.45) is 17.8 Å². The molecule has 1 aromatic carbocycles. The van der Waals surface area contributed by atoms with Crippen molar-refractivity contribution >= 4 is 0 Å². The summed E-state index contributed by atoms with van der Waals surface area (Å²) in [6.45, 7) is 3.74. The largest absolute Gasteiger partial charge is 0.313 e.